The molecular formula is C17H24BrN5O2. The Morgan fingerprint density at radius 1 is 1.52 bits per heavy atom. The van der Waals surface area contributed by atoms with E-state index in [0.717, 1.165) is 28.9 Å². The van der Waals surface area contributed by atoms with Crippen molar-refractivity contribution >= 4 is 15.9 Å². The Morgan fingerprint density at radius 3 is 2.84 bits per heavy atom. The Balaban J connectivity index is 1.50. The number of ether oxygens (including phenoxy) is 2. The van der Waals surface area contributed by atoms with Crippen molar-refractivity contribution in [2.75, 3.05) is 26.8 Å². The lowest BCUT2D eigenvalue weighted by molar-refractivity contribution is -0.203. The standard InChI is InChI=1S/C17H24BrN5O2/c1-12-5-13(18)6-21-14(12)9-23(2)15(22-19)7-20-8-16-24-10-17(3-4-17)11-25-16/h5-7,16,19-20H,3-4,8-11H2,1-2H3/b15-7+,22-19?. The highest BCUT2D eigenvalue weighted by molar-refractivity contribution is 9.10. The van der Waals surface area contributed by atoms with Crippen molar-refractivity contribution in [1.82, 2.24) is 15.2 Å². The Kier molecular flexibility index (Phi) is 5.71. The monoisotopic (exact) mass is 409 g/mol. The number of aryl methyl sites for hydroxylation is 1. The fraction of sp³-hybridized carbons (Fsp3) is 0.588. The third-order valence-electron chi connectivity index (χ3n) is 4.67. The Hall–Kier alpha value is -1.51. The molecule has 0 radical (unpaired) electrons. The maximum absolute atomic E-state index is 7.41. The first kappa shape index (κ1) is 18.3. The molecule has 1 aliphatic heterocycles. The van der Waals surface area contributed by atoms with Crippen molar-refractivity contribution in [3.63, 3.8) is 0 Å². The van der Waals surface area contributed by atoms with Crippen LogP contribution in [-0.4, -0.2) is 43.0 Å². The van der Waals surface area contributed by atoms with Gasteiger partial charge in [0.15, 0.2) is 12.1 Å². The zero-order chi connectivity index (χ0) is 17.9. The minimum Gasteiger partial charge on any atom is -0.383 e. The lowest BCUT2D eigenvalue weighted by Crippen LogP contribution is -2.38. The zero-order valence-electron chi connectivity index (χ0n) is 14.6. The average molecular weight is 410 g/mol. The molecule has 0 atom stereocenters. The zero-order valence-corrected chi connectivity index (χ0v) is 16.2. The summed E-state index contributed by atoms with van der Waals surface area (Å²) in [4.78, 5) is 6.31. The number of halogens is 1. The lowest BCUT2D eigenvalue weighted by Gasteiger charge is -2.29. The summed E-state index contributed by atoms with van der Waals surface area (Å²) < 4.78 is 12.4. The van der Waals surface area contributed by atoms with Gasteiger partial charge in [0.2, 0.25) is 0 Å². The molecule has 1 spiro atoms. The van der Waals surface area contributed by atoms with Gasteiger partial charge in [0.25, 0.3) is 0 Å². The van der Waals surface area contributed by atoms with Gasteiger partial charge < -0.3 is 19.7 Å². The summed E-state index contributed by atoms with van der Waals surface area (Å²) >= 11 is 3.42. The second-order valence-corrected chi connectivity index (χ2v) is 7.76. The van der Waals surface area contributed by atoms with E-state index in [9.17, 15) is 0 Å². The largest absolute Gasteiger partial charge is 0.383 e. The van der Waals surface area contributed by atoms with Crippen molar-refractivity contribution in [3.05, 3.63) is 40.0 Å². The van der Waals surface area contributed by atoms with Gasteiger partial charge in [0.05, 0.1) is 32.0 Å². The summed E-state index contributed by atoms with van der Waals surface area (Å²) in [5.41, 5.74) is 9.77. The predicted molar refractivity (Wildman–Crippen MR) is 96.7 cm³/mol. The van der Waals surface area contributed by atoms with Gasteiger partial charge in [-0.05, 0) is 47.3 Å². The van der Waals surface area contributed by atoms with E-state index in [4.69, 9.17) is 15.0 Å². The number of hydrogen-bond donors (Lipinski definition) is 2. The first-order valence-corrected chi connectivity index (χ1v) is 9.17. The van der Waals surface area contributed by atoms with E-state index in [-0.39, 0.29) is 6.29 Å². The summed E-state index contributed by atoms with van der Waals surface area (Å²) in [6.45, 7) is 4.71. The van der Waals surface area contributed by atoms with Crippen LogP contribution in [0.25, 0.3) is 0 Å². The number of nitrogens with zero attached hydrogens (tertiary/aromatic N) is 3. The predicted octanol–water partition coefficient (Wildman–Crippen LogP) is 3.16. The van der Waals surface area contributed by atoms with E-state index in [0.29, 0.717) is 24.3 Å². The van der Waals surface area contributed by atoms with E-state index in [1.54, 1.807) is 12.4 Å². The van der Waals surface area contributed by atoms with Crippen LogP contribution in [0.5, 0.6) is 0 Å². The molecule has 2 heterocycles. The molecule has 1 aliphatic carbocycles. The van der Waals surface area contributed by atoms with Crippen LogP contribution in [0.4, 0.5) is 0 Å². The van der Waals surface area contributed by atoms with Crippen molar-refractivity contribution in [2.24, 2.45) is 10.5 Å². The first-order valence-electron chi connectivity index (χ1n) is 8.38. The smallest absolute Gasteiger partial charge is 0.174 e. The lowest BCUT2D eigenvalue weighted by atomic mass is 10.1. The molecule has 0 bridgehead atoms. The van der Waals surface area contributed by atoms with Crippen LogP contribution >= 0.6 is 15.9 Å². The molecule has 2 fully saturated rings. The van der Waals surface area contributed by atoms with E-state index in [1.807, 2.05) is 24.9 Å². The van der Waals surface area contributed by atoms with Crippen LogP contribution in [0, 0.1) is 17.9 Å². The summed E-state index contributed by atoms with van der Waals surface area (Å²) in [5, 5.41) is 6.75. The second kappa shape index (κ2) is 7.80. The van der Waals surface area contributed by atoms with Crippen molar-refractivity contribution in [2.45, 2.75) is 32.6 Å². The molecule has 8 heteroatoms. The van der Waals surface area contributed by atoms with Gasteiger partial charge in [0, 0.05) is 29.3 Å². The van der Waals surface area contributed by atoms with E-state index in [1.165, 1.54) is 12.8 Å². The van der Waals surface area contributed by atoms with Gasteiger partial charge in [-0.3, -0.25) is 4.98 Å². The number of hydrogen-bond acceptors (Lipinski definition) is 7. The van der Waals surface area contributed by atoms with E-state index >= 15 is 0 Å². The topological polar surface area (TPSA) is 82.8 Å². The highest BCUT2D eigenvalue weighted by Crippen LogP contribution is 2.48. The van der Waals surface area contributed by atoms with Crippen LogP contribution in [0.3, 0.4) is 0 Å². The molecule has 0 unspecified atom stereocenters. The highest BCUT2D eigenvalue weighted by Gasteiger charge is 2.46. The molecular weight excluding hydrogens is 386 g/mol. The number of pyridine rings is 1. The maximum Gasteiger partial charge on any atom is 0.174 e. The molecule has 2 N–H and O–H groups in total. The summed E-state index contributed by atoms with van der Waals surface area (Å²) in [6, 6.07) is 2.03. The molecule has 7 nitrogen and oxygen atoms in total. The molecule has 1 saturated heterocycles. The molecule has 0 amide bonds. The van der Waals surface area contributed by atoms with Crippen molar-refractivity contribution in [1.29, 1.82) is 5.53 Å². The van der Waals surface area contributed by atoms with Crippen LogP contribution in [-0.2, 0) is 16.0 Å². The third kappa shape index (κ3) is 4.77. The van der Waals surface area contributed by atoms with Gasteiger partial charge in [-0.1, -0.05) is 0 Å². The Labute approximate surface area is 156 Å². The maximum atomic E-state index is 7.41. The quantitative estimate of drug-likeness (QED) is 0.675. The Bertz CT molecular complexity index is 652. The van der Waals surface area contributed by atoms with Gasteiger partial charge in [-0.15, -0.1) is 5.11 Å². The van der Waals surface area contributed by atoms with Crippen molar-refractivity contribution in [3.8, 4) is 0 Å². The molecule has 2 aliphatic rings. The van der Waals surface area contributed by atoms with E-state index < -0.39 is 0 Å². The summed E-state index contributed by atoms with van der Waals surface area (Å²) in [5.74, 6) is 0.526. The van der Waals surface area contributed by atoms with E-state index in [2.05, 4.69) is 31.3 Å². The minimum atomic E-state index is -0.241. The second-order valence-electron chi connectivity index (χ2n) is 6.85. The van der Waals surface area contributed by atoms with Crippen LogP contribution in [0.1, 0.15) is 24.1 Å². The average Bonchev–Trinajstić information content (AvgIpc) is 3.35. The molecule has 1 saturated carbocycles. The molecule has 25 heavy (non-hydrogen) atoms. The number of aromatic nitrogens is 1. The van der Waals surface area contributed by atoms with Crippen LogP contribution in [0.2, 0.25) is 0 Å². The normalized spacial score (nSPS) is 19.7. The molecule has 136 valence electrons. The van der Waals surface area contributed by atoms with Gasteiger partial charge in [-0.25, -0.2) is 5.53 Å². The summed E-state index contributed by atoms with van der Waals surface area (Å²) in [6.07, 6.45) is 5.68. The van der Waals surface area contributed by atoms with Gasteiger partial charge in [0.1, 0.15) is 0 Å². The fourth-order valence-corrected chi connectivity index (χ4v) is 3.17. The number of nitrogens with one attached hydrogen (secondary N) is 2. The molecule has 1 aromatic rings. The summed E-state index contributed by atoms with van der Waals surface area (Å²) in [7, 11) is 1.89. The third-order valence-corrected chi connectivity index (χ3v) is 5.10. The number of rotatable bonds is 7. The fourth-order valence-electron chi connectivity index (χ4n) is 2.73. The molecule has 3 rings (SSSR count). The Morgan fingerprint density at radius 2 is 2.24 bits per heavy atom. The van der Waals surface area contributed by atoms with Crippen LogP contribution < -0.4 is 5.32 Å². The van der Waals surface area contributed by atoms with Crippen molar-refractivity contribution < 1.29 is 9.47 Å². The highest BCUT2D eigenvalue weighted by atomic mass is 79.9. The molecule has 0 aromatic carbocycles. The minimum absolute atomic E-state index is 0.241. The van der Waals surface area contributed by atoms with Gasteiger partial charge >= 0.3 is 0 Å². The van der Waals surface area contributed by atoms with Crippen LogP contribution in [0.15, 0.2) is 33.9 Å². The molecule has 1 aromatic heterocycles. The van der Waals surface area contributed by atoms with Gasteiger partial charge in [-0.2, -0.15) is 0 Å². The first-order chi connectivity index (χ1) is 12.0. The SMILES string of the molecule is Cc1cc(Br)cnc1CN(C)/C(=C/NCC1OCC2(CC2)CO1)N=N.